The average molecular weight is 576 g/mol. The molecule has 7 heteroatoms. The molecule has 0 fully saturated rings. The summed E-state index contributed by atoms with van der Waals surface area (Å²) in [5, 5.41) is 0. The van der Waals surface area contributed by atoms with Gasteiger partial charge in [0, 0.05) is 0 Å². The molecule has 1 aliphatic rings. The zero-order valence-corrected chi connectivity index (χ0v) is 27.5. The van der Waals surface area contributed by atoms with Gasteiger partial charge in [0.15, 0.2) is 0 Å². The summed E-state index contributed by atoms with van der Waals surface area (Å²) in [4.78, 5) is 26.9. The third-order valence-corrected chi connectivity index (χ3v) is 52.9. The fourth-order valence-electron chi connectivity index (χ4n) is 8.05. The summed E-state index contributed by atoms with van der Waals surface area (Å²) < 4.78 is 11.2. The Morgan fingerprint density at radius 2 is 0.968 bits per heavy atom. The average Bonchev–Trinajstić information content (AvgIpc) is 2.86. The first-order chi connectivity index (χ1) is 13.7. The molecule has 4 nitrogen and oxygen atoms in total. The Kier molecular flexibility index (Phi) is 8.66. The fourth-order valence-corrected chi connectivity index (χ4v) is 70.4. The van der Waals surface area contributed by atoms with E-state index >= 15 is 0 Å². The first-order valence-electron chi connectivity index (χ1n) is 11.5. The Morgan fingerprint density at radius 3 is 1.13 bits per heavy atom. The summed E-state index contributed by atoms with van der Waals surface area (Å²) in [7, 11) is -0.642. The molecule has 2 unspecified atom stereocenters. The van der Waals surface area contributed by atoms with E-state index in [-0.39, 0.29) is 30.6 Å². The quantitative estimate of drug-likeness (QED) is 0.202. The van der Waals surface area contributed by atoms with Crippen molar-refractivity contribution < 1.29 is 19.1 Å². The van der Waals surface area contributed by atoms with Crippen LogP contribution in [0.3, 0.4) is 0 Å². The van der Waals surface area contributed by atoms with Gasteiger partial charge in [0.1, 0.15) is 0 Å². The molecule has 0 saturated heterocycles. The zero-order chi connectivity index (χ0) is 24.8. The first kappa shape index (κ1) is 28.9. The molecule has 0 radical (unpaired) electrons. The Morgan fingerprint density at radius 1 is 0.710 bits per heavy atom. The van der Waals surface area contributed by atoms with Gasteiger partial charge in [-0.25, -0.2) is 0 Å². The van der Waals surface area contributed by atoms with E-state index in [9.17, 15) is 9.59 Å². The van der Waals surface area contributed by atoms with Crippen LogP contribution < -0.4 is 0 Å². The number of rotatable bonds is 6. The normalized spacial score (nSPS) is 27.0. The standard InChI is InChI=1S/C8H10O4.2C8H19Si.Sn/c1-11-7(9)5-3-4-6-8(10)12-2;2*1-8(2,3)7-9(4,5)6;/h3-6H,1-2H3;2*7H,1-6H3;. The van der Waals surface area contributed by atoms with Gasteiger partial charge >= 0.3 is 199 Å². The van der Waals surface area contributed by atoms with Crippen molar-refractivity contribution in [3.8, 4) is 0 Å². The van der Waals surface area contributed by atoms with Crippen LogP contribution in [0.4, 0.5) is 0 Å². The maximum atomic E-state index is 13.5. The molecule has 0 N–H and O–H groups in total. The van der Waals surface area contributed by atoms with Crippen molar-refractivity contribution in [1.82, 2.24) is 0 Å². The van der Waals surface area contributed by atoms with Gasteiger partial charge in [-0.15, -0.1) is 0 Å². The van der Waals surface area contributed by atoms with Crippen molar-refractivity contribution in [1.29, 1.82) is 0 Å². The van der Waals surface area contributed by atoms with Crippen LogP contribution >= 0.6 is 0 Å². The summed E-state index contributed by atoms with van der Waals surface area (Å²) >= 11 is -3.93. The van der Waals surface area contributed by atoms with Crippen LogP contribution in [0.25, 0.3) is 0 Å². The third-order valence-electron chi connectivity index (χ3n) is 6.95. The second-order valence-electron chi connectivity index (χ2n) is 13.7. The van der Waals surface area contributed by atoms with Crippen LogP contribution in [0.5, 0.6) is 0 Å². The third kappa shape index (κ3) is 5.53. The number of hydrogen-bond acceptors (Lipinski definition) is 4. The Hall–Kier alpha value is -0.0875. The molecule has 1 aliphatic heterocycles. The summed E-state index contributed by atoms with van der Waals surface area (Å²) in [6.07, 6.45) is 4.11. The number of hydrogen-bond donors (Lipinski definition) is 0. The first-order valence-corrected chi connectivity index (χ1v) is 25.3. The fraction of sp³-hybridized carbons (Fsp3) is 0.833. The molecule has 0 amide bonds. The van der Waals surface area contributed by atoms with Gasteiger partial charge in [0.25, 0.3) is 0 Å². The molecule has 1 heterocycles. The topological polar surface area (TPSA) is 52.6 Å². The minimum atomic E-state index is -3.93. The molecule has 0 spiro atoms. The molecular formula is C24H48O4Si2Sn. The molecule has 0 aromatic rings. The van der Waals surface area contributed by atoms with E-state index in [0.29, 0.717) is 7.11 Å². The van der Waals surface area contributed by atoms with Gasteiger partial charge in [-0.1, -0.05) is 0 Å². The van der Waals surface area contributed by atoms with E-state index in [0.717, 1.165) is 0 Å². The van der Waals surface area contributed by atoms with Crippen molar-refractivity contribution in [3.63, 3.8) is 0 Å². The zero-order valence-electron chi connectivity index (χ0n) is 22.6. The van der Waals surface area contributed by atoms with Gasteiger partial charge in [-0.2, -0.15) is 0 Å². The van der Waals surface area contributed by atoms with Crippen LogP contribution in [-0.2, 0) is 19.1 Å². The SMILES string of the molecule is COC(=O)[C@H]1C=C[C@@H](C(=O)OC)[Sn]1([CH](C(C)(C)C)[Si](C)(C)C)[CH](C(C)(C)C)[Si](C)(C)C. The number of esters is 2. The van der Waals surface area contributed by atoms with Gasteiger partial charge in [0.2, 0.25) is 0 Å². The van der Waals surface area contributed by atoms with E-state index in [1.165, 1.54) is 14.2 Å². The predicted molar refractivity (Wildman–Crippen MR) is 140 cm³/mol. The summed E-state index contributed by atoms with van der Waals surface area (Å²) in [5.74, 6) is -0.281. The van der Waals surface area contributed by atoms with E-state index in [1.54, 1.807) is 0 Å². The Balaban J connectivity index is 4.31. The number of carbonyl (C=O) groups excluding carboxylic acids is 2. The molecule has 0 bridgehead atoms. The second-order valence-corrected chi connectivity index (χ2v) is 40.2. The van der Waals surface area contributed by atoms with Gasteiger partial charge in [0.05, 0.1) is 0 Å². The van der Waals surface area contributed by atoms with Gasteiger partial charge in [-0.3, -0.25) is 0 Å². The van der Waals surface area contributed by atoms with Crippen molar-refractivity contribution in [2.45, 2.75) is 95.8 Å². The van der Waals surface area contributed by atoms with Crippen molar-refractivity contribution in [2.24, 2.45) is 10.8 Å². The molecule has 0 aliphatic carbocycles. The van der Waals surface area contributed by atoms with Crippen LogP contribution in [0.1, 0.15) is 41.5 Å². The van der Waals surface area contributed by atoms with Crippen molar-refractivity contribution >= 4 is 46.5 Å². The van der Waals surface area contributed by atoms with Gasteiger partial charge in [-0.05, 0) is 0 Å². The van der Waals surface area contributed by atoms with Crippen LogP contribution in [-0.4, -0.2) is 60.7 Å². The van der Waals surface area contributed by atoms with E-state index in [1.807, 2.05) is 0 Å². The van der Waals surface area contributed by atoms with Crippen LogP contribution in [0.15, 0.2) is 12.2 Å². The summed E-state index contributed by atoms with van der Waals surface area (Å²) in [5.41, 5.74) is -0.0114. The maximum absolute atomic E-state index is 13.5. The van der Waals surface area contributed by atoms with Crippen LogP contribution in [0.2, 0.25) is 54.3 Å². The molecule has 0 aromatic heterocycles. The predicted octanol–water partition coefficient (Wildman–Crippen LogP) is 6.68. The van der Waals surface area contributed by atoms with Crippen LogP contribution in [0, 0.1) is 10.8 Å². The van der Waals surface area contributed by atoms with E-state index in [2.05, 4.69) is 93.0 Å². The number of ether oxygens (including phenoxy) is 2. The van der Waals surface area contributed by atoms with E-state index in [4.69, 9.17) is 9.47 Å². The molecule has 4 atom stereocenters. The molecule has 1 rings (SSSR count). The molecule has 0 aromatic carbocycles. The number of carbonyl (C=O) groups is 2. The van der Waals surface area contributed by atoms with Crippen molar-refractivity contribution in [3.05, 3.63) is 12.2 Å². The van der Waals surface area contributed by atoms with Gasteiger partial charge < -0.3 is 0 Å². The summed E-state index contributed by atoms with van der Waals surface area (Å²) in [6.45, 7) is 28.6. The monoisotopic (exact) mass is 576 g/mol. The number of methoxy groups -OCH3 is 2. The Labute approximate surface area is 197 Å². The Bertz CT molecular complexity index is 617. The van der Waals surface area contributed by atoms with E-state index < -0.39 is 34.5 Å². The molecule has 31 heavy (non-hydrogen) atoms. The summed E-state index contributed by atoms with van der Waals surface area (Å²) in [6, 6.07) is 0. The second kappa shape index (κ2) is 9.28. The molecule has 0 saturated carbocycles. The molecule has 180 valence electrons. The minimum absolute atomic E-state index is 0.00569. The molecular weight excluding hydrogens is 527 g/mol. The van der Waals surface area contributed by atoms with Crippen molar-refractivity contribution in [2.75, 3.05) is 14.2 Å².